The molecule has 0 aromatic heterocycles. The number of fused-ring (bicyclic) bond motifs is 1. The zero-order chi connectivity index (χ0) is 12.2. The van der Waals surface area contributed by atoms with Gasteiger partial charge in [-0.2, -0.15) is 0 Å². The average Bonchev–Trinajstić information content (AvgIpc) is 2.53. The SMILES string of the molecule is CC1(C)CCCC2=C1C[C@H]1C(=O)OC(=O)[C@@H]1C2. The van der Waals surface area contributed by atoms with E-state index in [1.165, 1.54) is 24.0 Å². The number of hydrogen-bond acceptors (Lipinski definition) is 3. The normalized spacial score (nSPS) is 35.4. The van der Waals surface area contributed by atoms with Gasteiger partial charge < -0.3 is 4.74 Å². The third kappa shape index (κ3) is 1.55. The highest BCUT2D eigenvalue weighted by Crippen LogP contribution is 2.51. The highest BCUT2D eigenvalue weighted by molar-refractivity contribution is 5.97. The third-order valence-electron chi connectivity index (χ3n) is 4.71. The fourth-order valence-corrected chi connectivity index (χ4v) is 3.69. The minimum atomic E-state index is -0.298. The molecule has 1 saturated heterocycles. The van der Waals surface area contributed by atoms with Gasteiger partial charge in [0.2, 0.25) is 0 Å². The number of carbonyl (C=O) groups is 2. The molecule has 0 radical (unpaired) electrons. The maximum absolute atomic E-state index is 11.6. The van der Waals surface area contributed by atoms with Gasteiger partial charge in [0.15, 0.2) is 0 Å². The molecule has 0 N–H and O–H groups in total. The summed E-state index contributed by atoms with van der Waals surface area (Å²) in [5.41, 5.74) is 3.05. The van der Waals surface area contributed by atoms with Crippen LogP contribution in [-0.4, -0.2) is 11.9 Å². The summed E-state index contributed by atoms with van der Waals surface area (Å²) in [6, 6.07) is 0. The Morgan fingerprint density at radius 3 is 2.47 bits per heavy atom. The van der Waals surface area contributed by atoms with E-state index in [1.54, 1.807) is 0 Å². The highest BCUT2D eigenvalue weighted by atomic mass is 16.6. The van der Waals surface area contributed by atoms with Crippen LogP contribution >= 0.6 is 0 Å². The lowest BCUT2D eigenvalue weighted by molar-refractivity contribution is -0.153. The zero-order valence-electron chi connectivity index (χ0n) is 10.4. The van der Waals surface area contributed by atoms with Crippen molar-refractivity contribution in [3.63, 3.8) is 0 Å². The Kier molecular flexibility index (Phi) is 2.22. The maximum Gasteiger partial charge on any atom is 0.317 e. The van der Waals surface area contributed by atoms with Gasteiger partial charge in [-0.3, -0.25) is 9.59 Å². The van der Waals surface area contributed by atoms with Crippen LogP contribution in [0.1, 0.15) is 46.0 Å². The summed E-state index contributed by atoms with van der Waals surface area (Å²) in [5, 5.41) is 0. The predicted octanol–water partition coefficient (Wildman–Crippen LogP) is 2.60. The van der Waals surface area contributed by atoms with Crippen LogP contribution in [0.15, 0.2) is 11.1 Å². The van der Waals surface area contributed by atoms with Gasteiger partial charge in [0, 0.05) is 0 Å². The minimum Gasteiger partial charge on any atom is -0.393 e. The Morgan fingerprint density at radius 1 is 1.12 bits per heavy atom. The molecule has 0 unspecified atom stereocenters. The van der Waals surface area contributed by atoms with E-state index in [1.807, 2.05) is 0 Å². The lowest BCUT2D eigenvalue weighted by Gasteiger charge is -2.40. The third-order valence-corrected chi connectivity index (χ3v) is 4.71. The van der Waals surface area contributed by atoms with Crippen molar-refractivity contribution in [2.75, 3.05) is 0 Å². The summed E-state index contributed by atoms with van der Waals surface area (Å²) in [6.07, 6.45) is 4.99. The molecule has 1 aliphatic heterocycles. The first-order valence-corrected chi connectivity index (χ1v) is 6.46. The highest BCUT2D eigenvalue weighted by Gasteiger charge is 2.49. The van der Waals surface area contributed by atoms with E-state index in [-0.39, 0.29) is 29.2 Å². The van der Waals surface area contributed by atoms with E-state index >= 15 is 0 Å². The van der Waals surface area contributed by atoms with Gasteiger partial charge in [0.25, 0.3) is 0 Å². The number of rotatable bonds is 0. The van der Waals surface area contributed by atoms with Gasteiger partial charge >= 0.3 is 11.9 Å². The van der Waals surface area contributed by atoms with Crippen molar-refractivity contribution in [2.24, 2.45) is 17.3 Å². The van der Waals surface area contributed by atoms with Crippen molar-refractivity contribution in [1.29, 1.82) is 0 Å². The first kappa shape index (κ1) is 11.0. The molecule has 1 heterocycles. The minimum absolute atomic E-state index is 0.185. The van der Waals surface area contributed by atoms with Crippen molar-refractivity contribution in [2.45, 2.75) is 46.0 Å². The van der Waals surface area contributed by atoms with Crippen molar-refractivity contribution in [1.82, 2.24) is 0 Å². The summed E-state index contributed by atoms with van der Waals surface area (Å²) in [5.74, 6) is -0.975. The first-order valence-electron chi connectivity index (χ1n) is 6.46. The number of esters is 2. The Bertz CT molecular complexity index is 431. The molecule has 3 nitrogen and oxygen atoms in total. The lowest BCUT2D eigenvalue weighted by Crippen LogP contribution is -2.31. The fourth-order valence-electron chi connectivity index (χ4n) is 3.69. The largest absolute Gasteiger partial charge is 0.393 e. The number of carbonyl (C=O) groups excluding carboxylic acids is 2. The van der Waals surface area contributed by atoms with Crippen molar-refractivity contribution >= 4 is 11.9 Å². The molecule has 0 aromatic carbocycles. The summed E-state index contributed by atoms with van der Waals surface area (Å²) in [4.78, 5) is 23.2. The van der Waals surface area contributed by atoms with E-state index in [0.717, 1.165) is 19.3 Å². The second-order valence-electron chi connectivity index (χ2n) is 6.18. The number of cyclic esters (lactones) is 2. The molecule has 3 aliphatic rings. The van der Waals surface area contributed by atoms with Crippen molar-refractivity contribution in [3.05, 3.63) is 11.1 Å². The van der Waals surface area contributed by atoms with Gasteiger partial charge in [0.05, 0.1) is 11.8 Å². The summed E-state index contributed by atoms with van der Waals surface area (Å²) in [6.45, 7) is 4.51. The van der Waals surface area contributed by atoms with E-state index in [0.29, 0.717) is 0 Å². The van der Waals surface area contributed by atoms with Crippen LogP contribution in [0.25, 0.3) is 0 Å². The molecule has 1 fully saturated rings. The second-order valence-corrected chi connectivity index (χ2v) is 6.18. The molecule has 0 spiro atoms. The fraction of sp³-hybridized carbons (Fsp3) is 0.714. The van der Waals surface area contributed by atoms with Gasteiger partial charge in [-0.05, 0) is 37.5 Å². The van der Waals surface area contributed by atoms with Crippen LogP contribution in [0, 0.1) is 17.3 Å². The summed E-state index contributed by atoms with van der Waals surface area (Å²) in [7, 11) is 0. The van der Waals surface area contributed by atoms with E-state index in [4.69, 9.17) is 4.74 Å². The molecule has 17 heavy (non-hydrogen) atoms. The molecule has 0 bridgehead atoms. The second kappa shape index (κ2) is 3.44. The average molecular weight is 234 g/mol. The van der Waals surface area contributed by atoms with Crippen LogP contribution in [0.3, 0.4) is 0 Å². The molecular weight excluding hydrogens is 216 g/mol. The molecule has 2 atom stereocenters. The van der Waals surface area contributed by atoms with Crippen molar-refractivity contribution < 1.29 is 14.3 Å². The van der Waals surface area contributed by atoms with E-state index in [9.17, 15) is 9.59 Å². The van der Waals surface area contributed by atoms with E-state index in [2.05, 4.69) is 13.8 Å². The van der Waals surface area contributed by atoms with Gasteiger partial charge in [0.1, 0.15) is 0 Å². The quantitative estimate of drug-likeness (QED) is 0.367. The number of ether oxygens (including phenoxy) is 1. The van der Waals surface area contributed by atoms with Crippen LogP contribution in [0.4, 0.5) is 0 Å². The molecule has 0 saturated carbocycles. The van der Waals surface area contributed by atoms with E-state index < -0.39 is 0 Å². The zero-order valence-corrected chi connectivity index (χ0v) is 10.4. The Hall–Kier alpha value is -1.12. The molecule has 2 aliphatic carbocycles. The van der Waals surface area contributed by atoms with Crippen LogP contribution in [-0.2, 0) is 14.3 Å². The first-order chi connectivity index (χ1) is 7.99. The summed E-state index contributed by atoms with van der Waals surface area (Å²) >= 11 is 0. The lowest BCUT2D eigenvalue weighted by atomic mass is 9.63. The summed E-state index contributed by atoms with van der Waals surface area (Å²) < 4.78 is 4.78. The predicted molar refractivity (Wildman–Crippen MR) is 62.0 cm³/mol. The van der Waals surface area contributed by atoms with Crippen LogP contribution in [0.2, 0.25) is 0 Å². The Morgan fingerprint density at radius 2 is 1.76 bits per heavy atom. The van der Waals surface area contributed by atoms with Gasteiger partial charge in [-0.15, -0.1) is 0 Å². The topological polar surface area (TPSA) is 43.4 Å². The number of hydrogen-bond donors (Lipinski definition) is 0. The van der Waals surface area contributed by atoms with Crippen LogP contribution < -0.4 is 0 Å². The molecule has 92 valence electrons. The van der Waals surface area contributed by atoms with Gasteiger partial charge in [-0.1, -0.05) is 25.0 Å². The molecular formula is C14H18O3. The number of allylic oxidation sites excluding steroid dienone is 2. The smallest absolute Gasteiger partial charge is 0.317 e. The van der Waals surface area contributed by atoms with Gasteiger partial charge in [-0.25, -0.2) is 0 Å². The van der Waals surface area contributed by atoms with Crippen LogP contribution in [0.5, 0.6) is 0 Å². The Labute approximate surface area is 101 Å². The maximum atomic E-state index is 11.6. The molecule has 3 rings (SSSR count). The molecule has 0 aromatic rings. The Balaban J connectivity index is 1.98. The molecule has 3 heteroatoms. The monoisotopic (exact) mass is 234 g/mol. The van der Waals surface area contributed by atoms with Crippen molar-refractivity contribution in [3.8, 4) is 0 Å². The standard InChI is InChI=1S/C14H18O3/c1-14(2)5-3-4-8-6-9-10(7-11(8)14)13(16)17-12(9)15/h9-10H,3-7H2,1-2H3/t9-,10-/m1/s1. The molecule has 0 amide bonds.